The van der Waals surface area contributed by atoms with Crippen LogP contribution in [0.5, 0.6) is 0 Å². The SMILES string of the molecule is O=[S@@](Cc1ccncc1)C[C@H]1CCNC1. The van der Waals surface area contributed by atoms with Gasteiger partial charge < -0.3 is 5.32 Å². The van der Waals surface area contributed by atoms with Crippen LogP contribution in [0.15, 0.2) is 24.5 Å². The Kier molecular flexibility index (Phi) is 3.86. The molecule has 1 fully saturated rings. The summed E-state index contributed by atoms with van der Waals surface area (Å²) in [4.78, 5) is 3.95. The van der Waals surface area contributed by atoms with Crippen molar-refractivity contribution in [2.75, 3.05) is 18.8 Å². The molecule has 0 aromatic carbocycles. The van der Waals surface area contributed by atoms with Gasteiger partial charge in [-0.05, 0) is 43.1 Å². The van der Waals surface area contributed by atoms with Crippen LogP contribution in [0.3, 0.4) is 0 Å². The standard InChI is InChI=1S/C11H16N2OS/c14-15(9-11-3-6-13-7-11)8-10-1-4-12-5-2-10/h1-2,4-5,11,13H,3,6-9H2/t11-,15-/m0/s1. The fraction of sp³-hybridized carbons (Fsp3) is 0.545. The molecule has 3 nitrogen and oxygen atoms in total. The van der Waals surface area contributed by atoms with Crippen molar-refractivity contribution in [3.63, 3.8) is 0 Å². The van der Waals surface area contributed by atoms with Gasteiger partial charge in [-0.15, -0.1) is 0 Å². The van der Waals surface area contributed by atoms with Crippen molar-refractivity contribution in [2.24, 2.45) is 5.92 Å². The maximum atomic E-state index is 11.8. The van der Waals surface area contributed by atoms with Gasteiger partial charge in [-0.25, -0.2) is 0 Å². The highest BCUT2D eigenvalue weighted by molar-refractivity contribution is 7.84. The molecule has 2 atom stereocenters. The molecule has 0 aliphatic carbocycles. The summed E-state index contributed by atoms with van der Waals surface area (Å²) >= 11 is 0. The quantitative estimate of drug-likeness (QED) is 0.827. The first-order valence-corrected chi connectivity index (χ1v) is 6.78. The Labute approximate surface area is 92.8 Å². The topological polar surface area (TPSA) is 42.0 Å². The summed E-state index contributed by atoms with van der Waals surface area (Å²) in [6, 6.07) is 3.87. The third kappa shape index (κ3) is 3.39. The molecule has 2 heterocycles. The van der Waals surface area contributed by atoms with Gasteiger partial charge in [0.05, 0.1) is 0 Å². The summed E-state index contributed by atoms with van der Waals surface area (Å²) < 4.78 is 11.8. The Bertz CT molecular complexity index is 323. The van der Waals surface area contributed by atoms with Crippen molar-refractivity contribution < 1.29 is 4.21 Å². The lowest BCUT2D eigenvalue weighted by Gasteiger charge is -2.07. The van der Waals surface area contributed by atoms with Gasteiger partial charge >= 0.3 is 0 Å². The van der Waals surface area contributed by atoms with Crippen LogP contribution in [0.25, 0.3) is 0 Å². The van der Waals surface area contributed by atoms with Crippen LogP contribution in [0.4, 0.5) is 0 Å². The molecule has 15 heavy (non-hydrogen) atoms. The Morgan fingerprint density at radius 1 is 1.47 bits per heavy atom. The third-order valence-corrected chi connectivity index (χ3v) is 4.16. The molecule has 0 unspecified atom stereocenters. The van der Waals surface area contributed by atoms with Crippen molar-refractivity contribution >= 4 is 10.8 Å². The summed E-state index contributed by atoms with van der Waals surface area (Å²) in [5.41, 5.74) is 1.12. The predicted octanol–water partition coefficient (Wildman–Crippen LogP) is 0.940. The maximum Gasteiger partial charge on any atom is 0.0486 e. The summed E-state index contributed by atoms with van der Waals surface area (Å²) in [5.74, 6) is 2.10. The highest BCUT2D eigenvalue weighted by atomic mass is 32.2. The van der Waals surface area contributed by atoms with Crippen molar-refractivity contribution in [2.45, 2.75) is 12.2 Å². The maximum absolute atomic E-state index is 11.8. The molecular formula is C11H16N2OS. The van der Waals surface area contributed by atoms with Gasteiger partial charge in [0.25, 0.3) is 0 Å². The zero-order valence-electron chi connectivity index (χ0n) is 8.69. The zero-order valence-corrected chi connectivity index (χ0v) is 9.50. The number of hydrogen-bond acceptors (Lipinski definition) is 3. The molecule has 0 amide bonds. The van der Waals surface area contributed by atoms with Gasteiger partial charge in [0.15, 0.2) is 0 Å². The van der Waals surface area contributed by atoms with Gasteiger partial charge in [-0.3, -0.25) is 9.19 Å². The second-order valence-electron chi connectivity index (χ2n) is 3.97. The van der Waals surface area contributed by atoms with E-state index in [0.29, 0.717) is 11.7 Å². The molecule has 1 aliphatic rings. The van der Waals surface area contributed by atoms with Crippen LogP contribution in [0.2, 0.25) is 0 Å². The van der Waals surface area contributed by atoms with Gasteiger partial charge in [0.2, 0.25) is 0 Å². The molecule has 0 radical (unpaired) electrons. The van der Waals surface area contributed by atoms with Crippen LogP contribution in [-0.4, -0.2) is 28.0 Å². The summed E-state index contributed by atoms with van der Waals surface area (Å²) in [6.07, 6.45) is 4.68. The number of nitrogens with zero attached hydrogens (tertiary/aromatic N) is 1. The van der Waals surface area contributed by atoms with E-state index in [2.05, 4.69) is 10.3 Å². The van der Waals surface area contributed by atoms with Gasteiger partial charge in [0, 0.05) is 34.7 Å². The summed E-state index contributed by atoms with van der Waals surface area (Å²) in [7, 11) is -0.729. The molecule has 4 heteroatoms. The Hall–Kier alpha value is -0.740. The zero-order chi connectivity index (χ0) is 10.5. The average molecular weight is 224 g/mol. The fourth-order valence-electron chi connectivity index (χ4n) is 1.84. The van der Waals surface area contributed by atoms with Crippen LogP contribution in [0.1, 0.15) is 12.0 Å². The van der Waals surface area contributed by atoms with Crippen molar-refractivity contribution in [3.05, 3.63) is 30.1 Å². The van der Waals surface area contributed by atoms with Crippen LogP contribution in [0, 0.1) is 5.92 Å². The van der Waals surface area contributed by atoms with Crippen LogP contribution >= 0.6 is 0 Å². The average Bonchev–Trinajstić information content (AvgIpc) is 2.71. The summed E-state index contributed by atoms with van der Waals surface area (Å²) in [6.45, 7) is 2.11. The van der Waals surface area contributed by atoms with Crippen molar-refractivity contribution in [1.29, 1.82) is 0 Å². The van der Waals surface area contributed by atoms with Crippen LogP contribution in [-0.2, 0) is 16.6 Å². The molecule has 1 aromatic heterocycles. The lowest BCUT2D eigenvalue weighted by Crippen LogP contribution is -2.15. The Morgan fingerprint density at radius 2 is 2.27 bits per heavy atom. The molecule has 0 bridgehead atoms. The largest absolute Gasteiger partial charge is 0.316 e. The van der Waals surface area contributed by atoms with E-state index in [4.69, 9.17) is 0 Å². The third-order valence-electron chi connectivity index (χ3n) is 2.66. The predicted molar refractivity (Wildman–Crippen MR) is 61.9 cm³/mol. The molecule has 2 rings (SSSR count). The van der Waals surface area contributed by atoms with E-state index in [1.807, 2.05) is 12.1 Å². The molecule has 0 spiro atoms. The first kappa shape index (κ1) is 10.8. The minimum Gasteiger partial charge on any atom is -0.316 e. The highest BCUT2D eigenvalue weighted by Crippen LogP contribution is 2.11. The van der Waals surface area contributed by atoms with E-state index in [0.717, 1.165) is 24.4 Å². The first-order valence-electron chi connectivity index (χ1n) is 5.29. The van der Waals surface area contributed by atoms with Crippen molar-refractivity contribution in [3.8, 4) is 0 Å². The first-order chi connectivity index (χ1) is 7.34. The molecule has 82 valence electrons. The van der Waals surface area contributed by atoms with E-state index < -0.39 is 10.8 Å². The smallest absolute Gasteiger partial charge is 0.0486 e. The van der Waals surface area contributed by atoms with Gasteiger partial charge in [-0.1, -0.05) is 0 Å². The minimum atomic E-state index is -0.729. The lowest BCUT2D eigenvalue weighted by molar-refractivity contribution is 0.632. The van der Waals surface area contributed by atoms with E-state index in [-0.39, 0.29) is 0 Å². The second kappa shape index (κ2) is 5.37. The highest BCUT2D eigenvalue weighted by Gasteiger charge is 2.17. The van der Waals surface area contributed by atoms with Gasteiger partial charge in [-0.2, -0.15) is 0 Å². The molecule has 1 N–H and O–H groups in total. The minimum absolute atomic E-state index is 0.604. The summed E-state index contributed by atoms with van der Waals surface area (Å²) in [5, 5.41) is 3.30. The number of aromatic nitrogens is 1. The number of nitrogens with one attached hydrogen (secondary N) is 1. The Morgan fingerprint density at radius 3 is 2.93 bits per heavy atom. The molecule has 0 saturated carbocycles. The molecule has 1 aliphatic heterocycles. The van der Waals surface area contributed by atoms with E-state index in [1.165, 1.54) is 6.42 Å². The fourth-order valence-corrected chi connectivity index (χ4v) is 3.34. The number of pyridine rings is 1. The number of hydrogen-bond donors (Lipinski definition) is 1. The molecule has 1 aromatic rings. The van der Waals surface area contributed by atoms with Crippen LogP contribution < -0.4 is 5.32 Å². The van der Waals surface area contributed by atoms with E-state index in [9.17, 15) is 4.21 Å². The van der Waals surface area contributed by atoms with Gasteiger partial charge in [0.1, 0.15) is 0 Å². The normalized spacial score (nSPS) is 22.8. The number of rotatable bonds is 4. The lowest BCUT2D eigenvalue weighted by atomic mass is 10.2. The van der Waals surface area contributed by atoms with Crippen molar-refractivity contribution in [1.82, 2.24) is 10.3 Å². The molecular weight excluding hydrogens is 208 g/mol. The monoisotopic (exact) mass is 224 g/mol. The van der Waals surface area contributed by atoms with E-state index in [1.54, 1.807) is 12.4 Å². The second-order valence-corrected chi connectivity index (χ2v) is 5.47. The molecule has 1 saturated heterocycles. The van der Waals surface area contributed by atoms with E-state index >= 15 is 0 Å². The Balaban J connectivity index is 1.82.